The third kappa shape index (κ3) is 1.88. The van der Waals surface area contributed by atoms with Crippen LogP contribution in [0.4, 0.5) is 0 Å². The SMILES string of the molecule is COc1ccccc1[C@@H]1OCCN1C(C)=O. The zero-order valence-electron chi connectivity index (χ0n) is 9.47. The second-order valence-corrected chi connectivity index (χ2v) is 3.68. The van der Waals surface area contributed by atoms with Crippen LogP contribution in [-0.4, -0.2) is 31.1 Å². The summed E-state index contributed by atoms with van der Waals surface area (Å²) in [5.74, 6) is 0.772. The summed E-state index contributed by atoms with van der Waals surface area (Å²) in [5.41, 5.74) is 0.901. The summed E-state index contributed by atoms with van der Waals surface area (Å²) in [4.78, 5) is 13.1. The van der Waals surface area contributed by atoms with Crippen LogP contribution in [0.25, 0.3) is 0 Å². The van der Waals surface area contributed by atoms with Crippen molar-refractivity contribution in [3.05, 3.63) is 29.8 Å². The molecule has 0 radical (unpaired) electrons. The average molecular weight is 221 g/mol. The van der Waals surface area contributed by atoms with Crippen LogP contribution < -0.4 is 4.74 Å². The van der Waals surface area contributed by atoms with Crippen molar-refractivity contribution in [1.82, 2.24) is 4.90 Å². The third-order valence-corrected chi connectivity index (χ3v) is 2.70. The molecule has 1 saturated heterocycles. The number of hydrogen-bond donors (Lipinski definition) is 0. The van der Waals surface area contributed by atoms with Gasteiger partial charge in [-0.2, -0.15) is 0 Å². The second-order valence-electron chi connectivity index (χ2n) is 3.68. The van der Waals surface area contributed by atoms with Gasteiger partial charge in [0.15, 0.2) is 6.23 Å². The number of hydrogen-bond acceptors (Lipinski definition) is 3. The summed E-state index contributed by atoms with van der Waals surface area (Å²) in [5, 5.41) is 0. The Kier molecular flexibility index (Phi) is 3.10. The minimum absolute atomic E-state index is 0.0217. The normalized spacial score (nSPS) is 19.9. The molecule has 86 valence electrons. The van der Waals surface area contributed by atoms with Crippen LogP contribution >= 0.6 is 0 Å². The Bertz CT molecular complexity index is 392. The lowest BCUT2D eigenvalue weighted by molar-refractivity contribution is -0.133. The van der Waals surface area contributed by atoms with E-state index in [0.29, 0.717) is 13.2 Å². The number of nitrogens with zero attached hydrogens (tertiary/aromatic N) is 1. The first kappa shape index (κ1) is 11.0. The molecule has 0 saturated carbocycles. The van der Waals surface area contributed by atoms with Gasteiger partial charge >= 0.3 is 0 Å². The van der Waals surface area contributed by atoms with Gasteiger partial charge in [-0.25, -0.2) is 0 Å². The van der Waals surface area contributed by atoms with Gasteiger partial charge in [-0.15, -0.1) is 0 Å². The Morgan fingerprint density at radius 1 is 1.50 bits per heavy atom. The predicted molar refractivity (Wildman–Crippen MR) is 59.1 cm³/mol. The first-order valence-electron chi connectivity index (χ1n) is 5.25. The zero-order chi connectivity index (χ0) is 11.5. The molecular weight excluding hydrogens is 206 g/mol. The van der Waals surface area contributed by atoms with Gasteiger partial charge in [0.2, 0.25) is 5.91 Å². The Labute approximate surface area is 94.8 Å². The number of benzene rings is 1. The van der Waals surface area contributed by atoms with Crippen LogP contribution in [0.5, 0.6) is 5.75 Å². The monoisotopic (exact) mass is 221 g/mol. The summed E-state index contributed by atoms with van der Waals surface area (Å²) >= 11 is 0. The van der Waals surface area contributed by atoms with E-state index in [2.05, 4.69) is 0 Å². The molecule has 0 N–H and O–H groups in total. The van der Waals surface area contributed by atoms with Crippen molar-refractivity contribution in [3.8, 4) is 5.75 Å². The van der Waals surface area contributed by atoms with E-state index in [-0.39, 0.29) is 12.1 Å². The van der Waals surface area contributed by atoms with Gasteiger partial charge in [-0.05, 0) is 6.07 Å². The standard InChI is InChI=1S/C12H15NO3/c1-9(14)13-7-8-16-12(13)10-5-3-4-6-11(10)15-2/h3-6,12H,7-8H2,1-2H3/t12-/m0/s1. The van der Waals surface area contributed by atoms with Crippen LogP contribution in [0.3, 0.4) is 0 Å². The van der Waals surface area contributed by atoms with E-state index in [1.807, 2.05) is 24.3 Å². The summed E-state index contributed by atoms with van der Waals surface area (Å²) in [6.07, 6.45) is -0.311. The van der Waals surface area contributed by atoms with E-state index >= 15 is 0 Å². The van der Waals surface area contributed by atoms with Crippen molar-refractivity contribution in [3.63, 3.8) is 0 Å². The second kappa shape index (κ2) is 4.53. The molecule has 0 spiro atoms. The number of rotatable bonds is 2. The lowest BCUT2D eigenvalue weighted by Gasteiger charge is -2.23. The van der Waals surface area contributed by atoms with Gasteiger partial charge in [-0.1, -0.05) is 18.2 Å². The summed E-state index contributed by atoms with van der Waals surface area (Å²) in [6.45, 7) is 2.76. The van der Waals surface area contributed by atoms with E-state index in [4.69, 9.17) is 9.47 Å². The smallest absolute Gasteiger partial charge is 0.221 e. The molecule has 1 amide bonds. The van der Waals surface area contributed by atoms with Gasteiger partial charge in [0, 0.05) is 19.0 Å². The van der Waals surface area contributed by atoms with Crippen LogP contribution in [0.1, 0.15) is 18.7 Å². The molecule has 1 atom stereocenters. The molecule has 1 fully saturated rings. The number of carbonyl (C=O) groups is 1. The van der Waals surface area contributed by atoms with Gasteiger partial charge < -0.3 is 14.4 Å². The fraction of sp³-hybridized carbons (Fsp3) is 0.417. The van der Waals surface area contributed by atoms with Gasteiger partial charge in [0.05, 0.1) is 13.7 Å². The van der Waals surface area contributed by atoms with E-state index in [9.17, 15) is 4.79 Å². The highest BCUT2D eigenvalue weighted by Gasteiger charge is 2.30. The molecule has 1 aromatic rings. The topological polar surface area (TPSA) is 38.8 Å². The van der Waals surface area contributed by atoms with E-state index < -0.39 is 0 Å². The van der Waals surface area contributed by atoms with Crippen molar-refractivity contribution >= 4 is 5.91 Å². The largest absolute Gasteiger partial charge is 0.496 e. The summed E-state index contributed by atoms with van der Waals surface area (Å²) < 4.78 is 10.8. The molecule has 1 aliphatic rings. The number of ether oxygens (including phenoxy) is 2. The fourth-order valence-corrected chi connectivity index (χ4v) is 1.92. The predicted octanol–water partition coefficient (Wildman–Crippen LogP) is 1.57. The highest BCUT2D eigenvalue weighted by molar-refractivity contribution is 5.74. The number of methoxy groups -OCH3 is 1. The van der Waals surface area contributed by atoms with Crippen LogP contribution in [0, 0.1) is 0 Å². The Morgan fingerprint density at radius 2 is 2.25 bits per heavy atom. The molecule has 4 heteroatoms. The zero-order valence-corrected chi connectivity index (χ0v) is 9.47. The summed E-state index contributed by atoms with van der Waals surface area (Å²) in [7, 11) is 1.62. The van der Waals surface area contributed by atoms with Crippen LogP contribution in [-0.2, 0) is 9.53 Å². The molecular formula is C12H15NO3. The fourth-order valence-electron chi connectivity index (χ4n) is 1.92. The number of amides is 1. The van der Waals surface area contributed by atoms with Crippen molar-refractivity contribution in [2.45, 2.75) is 13.2 Å². The summed E-state index contributed by atoms with van der Waals surface area (Å²) in [6, 6.07) is 7.60. The third-order valence-electron chi connectivity index (χ3n) is 2.70. The van der Waals surface area contributed by atoms with Crippen molar-refractivity contribution in [2.24, 2.45) is 0 Å². The minimum atomic E-state index is -0.311. The minimum Gasteiger partial charge on any atom is -0.496 e. The lowest BCUT2D eigenvalue weighted by Crippen LogP contribution is -2.28. The maximum atomic E-state index is 11.4. The molecule has 2 rings (SSSR count). The average Bonchev–Trinajstić information content (AvgIpc) is 2.77. The highest BCUT2D eigenvalue weighted by Crippen LogP contribution is 2.32. The van der Waals surface area contributed by atoms with E-state index in [0.717, 1.165) is 11.3 Å². The number of para-hydroxylation sites is 1. The lowest BCUT2D eigenvalue weighted by atomic mass is 10.1. The van der Waals surface area contributed by atoms with Gasteiger partial charge in [-0.3, -0.25) is 4.79 Å². The molecule has 1 heterocycles. The first-order chi connectivity index (χ1) is 7.74. The molecule has 1 aliphatic heterocycles. The Balaban J connectivity index is 2.32. The van der Waals surface area contributed by atoms with Gasteiger partial charge in [0.1, 0.15) is 5.75 Å². The van der Waals surface area contributed by atoms with Crippen molar-refractivity contribution in [1.29, 1.82) is 0 Å². The Morgan fingerprint density at radius 3 is 2.94 bits per heavy atom. The first-order valence-corrected chi connectivity index (χ1v) is 5.25. The molecule has 0 bridgehead atoms. The quantitative estimate of drug-likeness (QED) is 0.761. The van der Waals surface area contributed by atoms with Crippen molar-refractivity contribution in [2.75, 3.05) is 20.3 Å². The van der Waals surface area contributed by atoms with Crippen LogP contribution in [0.2, 0.25) is 0 Å². The van der Waals surface area contributed by atoms with Crippen molar-refractivity contribution < 1.29 is 14.3 Å². The molecule has 4 nitrogen and oxygen atoms in total. The molecule has 0 aromatic heterocycles. The van der Waals surface area contributed by atoms with Crippen LogP contribution in [0.15, 0.2) is 24.3 Å². The molecule has 0 unspecified atom stereocenters. The van der Waals surface area contributed by atoms with E-state index in [1.54, 1.807) is 18.9 Å². The molecule has 1 aromatic carbocycles. The van der Waals surface area contributed by atoms with E-state index in [1.165, 1.54) is 0 Å². The maximum Gasteiger partial charge on any atom is 0.221 e. The van der Waals surface area contributed by atoms with Gasteiger partial charge in [0.25, 0.3) is 0 Å². The molecule has 16 heavy (non-hydrogen) atoms. The molecule has 0 aliphatic carbocycles. The highest BCUT2D eigenvalue weighted by atomic mass is 16.5. The maximum absolute atomic E-state index is 11.4. The number of carbonyl (C=O) groups excluding carboxylic acids is 1. The Hall–Kier alpha value is -1.55.